The Morgan fingerprint density at radius 3 is 0.518 bits per heavy atom. The zero-order valence-electron chi connectivity index (χ0n) is 46.1. The van der Waals surface area contributed by atoms with Gasteiger partial charge in [0, 0.05) is 83.5 Å². The number of anilines is 3. The lowest BCUT2D eigenvalue weighted by molar-refractivity contribution is 1.16. The highest BCUT2D eigenvalue weighted by Crippen LogP contribution is 2.46. The monoisotopic (exact) mass is 1090 g/mol. The van der Waals surface area contributed by atoms with Gasteiger partial charge in [-0.2, -0.15) is 0 Å². The van der Waals surface area contributed by atoms with Crippen molar-refractivity contribution in [2.45, 2.75) is 0 Å². The van der Waals surface area contributed by atoms with Crippen molar-refractivity contribution >= 4 is 116 Å². The van der Waals surface area contributed by atoms with E-state index in [0.29, 0.717) is 0 Å². The van der Waals surface area contributed by atoms with Gasteiger partial charge >= 0.3 is 0 Å². The van der Waals surface area contributed by atoms with Crippen LogP contribution < -0.4 is 4.90 Å². The van der Waals surface area contributed by atoms with Crippen molar-refractivity contribution < 1.29 is 0 Å². The third kappa shape index (κ3) is 6.89. The molecule has 0 aliphatic heterocycles. The molecule has 0 bridgehead atoms. The van der Waals surface area contributed by atoms with Gasteiger partial charge in [0.1, 0.15) is 0 Å². The smallest absolute Gasteiger partial charge is 0.0803 e. The fraction of sp³-hybridized carbons (Fsp3) is 0. The highest BCUT2D eigenvalue weighted by Gasteiger charge is 2.26. The number of fused-ring (bicyclic) bond motifs is 15. The van der Waals surface area contributed by atoms with Crippen molar-refractivity contribution in [3.8, 4) is 34.1 Å². The van der Waals surface area contributed by atoms with E-state index in [1.807, 2.05) is 0 Å². The SMILES string of the molecule is c1ccc(-n2c3ccccc3c3c2c2ccccc2n3-c2ccc(N(c3ccc(-n4c5ccccc5c5c4c4ccccc4n5-c4ccccc4)cc3)c3ccc(-n4c5ccccc5c5c4c4ccccc4n5-c4ccccc4)cc3)cc2)cc1. The van der Waals surface area contributed by atoms with Gasteiger partial charge in [-0.25, -0.2) is 0 Å². The molecule has 85 heavy (non-hydrogen) atoms. The Balaban J connectivity index is 0.821. The quantitative estimate of drug-likeness (QED) is 0.142. The lowest BCUT2D eigenvalue weighted by Crippen LogP contribution is -2.10. The minimum atomic E-state index is 1.04. The summed E-state index contributed by atoms with van der Waals surface area (Å²) in [5, 5.41) is 7.24. The van der Waals surface area contributed by atoms with E-state index in [4.69, 9.17) is 0 Å². The average Bonchev–Trinajstić information content (AvgIpc) is 2.08. The molecule has 18 rings (SSSR count). The topological polar surface area (TPSA) is 32.8 Å². The van der Waals surface area contributed by atoms with Crippen molar-refractivity contribution in [1.82, 2.24) is 27.4 Å². The summed E-state index contributed by atoms with van der Waals surface area (Å²) in [6, 6.07) is 113. The van der Waals surface area contributed by atoms with Crippen LogP contribution in [-0.4, -0.2) is 27.4 Å². The Morgan fingerprint density at radius 2 is 0.318 bits per heavy atom. The molecule has 0 amide bonds. The number of rotatable bonds is 9. The predicted octanol–water partition coefficient (Wildman–Crippen LogP) is 20.3. The zero-order chi connectivity index (χ0) is 55.7. The van der Waals surface area contributed by atoms with E-state index in [2.05, 4.69) is 342 Å². The van der Waals surface area contributed by atoms with E-state index < -0.39 is 0 Å². The van der Waals surface area contributed by atoms with E-state index in [9.17, 15) is 0 Å². The lowest BCUT2D eigenvalue weighted by Gasteiger charge is -2.26. The lowest BCUT2D eigenvalue weighted by atomic mass is 10.1. The van der Waals surface area contributed by atoms with Crippen LogP contribution in [0.15, 0.2) is 309 Å². The molecule has 0 unspecified atom stereocenters. The molecule has 0 atom stereocenters. The molecule has 0 radical (unpaired) electrons. The first-order valence-corrected chi connectivity index (χ1v) is 29.1. The second-order valence-electron chi connectivity index (χ2n) is 22.1. The Labute approximate surface area is 488 Å². The minimum absolute atomic E-state index is 1.04. The van der Waals surface area contributed by atoms with E-state index in [1.165, 1.54) is 82.0 Å². The number of hydrogen-bond acceptors (Lipinski definition) is 1. The molecular weight excluding hydrogens is 1030 g/mol. The summed E-state index contributed by atoms with van der Waals surface area (Å²) in [5.41, 5.74) is 24.0. The maximum atomic E-state index is 2.46. The summed E-state index contributed by atoms with van der Waals surface area (Å²) in [6.45, 7) is 0. The molecule has 398 valence electrons. The standard InChI is InChI=1S/C78H51N7/c1-4-22-52(23-5-1)80-67-34-16-10-28-61(67)76-73(80)64-31-13-19-37-70(64)83(76)58-46-40-55(41-47-58)79(56-42-48-59(49-43-56)84-71-38-20-14-32-65(71)74-77(84)62-29-11-17-35-68(62)81(74)53-24-6-2-7-25-53)57-44-50-60(51-45-57)85-72-39-21-15-33-66(72)75-78(85)63-30-12-18-36-69(63)82(75)54-26-8-3-9-27-54/h1-51H. The molecule has 7 nitrogen and oxygen atoms in total. The Kier molecular flexibility index (Phi) is 10.3. The van der Waals surface area contributed by atoms with Crippen molar-refractivity contribution in [2.75, 3.05) is 4.90 Å². The molecule has 6 aromatic heterocycles. The van der Waals surface area contributed by atoms with Crippen molar-refractivity contribution in [1.29, 1.82) is 0 Å². The second-order valence-corrected chi connectivity index (χ2v) is 22.1. The third-order valence-corrected chi connectivity index (χ3v) is 17.6. The van der Waals surface area contributed by atoms with Gasteiger partial charge in [0.15, 0.2) is 0 Å². The Hall–Kier alpha value is -11.5. The van der Waals surface area contributed by atoms with Crippen LogP contribution in [0.25, 0.3) is 133 Å². The van der Waals surface area contributed by atoms with Gasteiger partial charge in [-0.3, -0.25) is 0 Å². The summed E-state index contributed by atoms with van der Waals surface area (Å²) in [4.78, 5) is 2.40. The van der Waals surface area contributed by atoms with Crippen LogP contribution in [0.5, 0.6) is 0 Å². The van der Waals surface area contributed by atoms with Crippen LogP contribution in [0.3, 0.4) is 0 Å². The number of hydrogen-bond donors (Lipinski definition) is 0. The minimum Gasteiger partial charge on any atom is -0.310 e. The number of aromatic nitrogens is 6. The fourth-order valence-electron chi connectivity index (χ4n) is 14.1. The largest absolute Gasteiger partial charge is 0.310 e. The fourth-order valence-corrected chi connectivity index (χ4v) is 14.1. The Bertz CT molecular complexity index is 5040. The summed E-state index contributed by atoms with van der Waals surface area (Å²) >= 11 is 0. The predicted molar refractivity (Wildman–Crippen MR) is 355 cm³/mol. The molecule has 0 saturated heterocycles. The molecule has 0 spiro atoms. The van der Waals surface area contributed by atoms with Gasteiger partial charge in [0.25, 0.3) is 0 Å². The summed E-state index contributed by atoms with van der Waals surface area (Å²) < 4.78 is 14.7. The Morgan fingerprint density at radius 1 is 0.153 bits per heavy atom. The molecule has 0 N–H and O–H groups in total. The van der Waals surface area contributed by atoms with Gasteiger partial charge in [-0.15, -0.1) is 0 Å². The van der Waals surface area contributed by atoms with Crippen molar-refractivity contribution in [3.63, 3.8) is 0 Å². The van der Waals surface area contributed by atoms with E-state index in [1.54, 1.807) is 0 Å². The zero-order valence-corrected chi connectivity index (χ0v) is 46.1. The number of nitrogens with zero attached hydrogens (tertiary/aromatic N) is 7. The highest BCUT2D eigenvalue weighted by atomic mass is 15.2. The van der Waals surface area contributed by atoms with E-state index >= 15 is 0 Å². The van der Waals surface area contributed by atoms with Crippen molar-refractivity contribution in [3.05, 3.63) is 309 Å². The average molecular weight is 1090 g/mol. The molecule has 18 aromatic rings. The van der Waals surface area contributed by atoms with Crippen LogP contribution in [0.2, 0.25) is 0 Å². The van der Waals surface area contributed by atoms with E-state index in [-0.39, 0.29) is 0 Å². The highest BCUT2D eigenvalue weighted by molar-refractivity contribution is 6.22. The van der Waals surface area contributed by atoms with Gasteiger partial charge in [0.2, 0.25) is 0 Å². The molecule has 0 aliphatic rings. The van der Waals surface area contributed by atoms with Crippen LogP contribution in [0, 0.1) is 0 Å². The first-order chi connectivity index (χ1) is 42.2. The van der Waals surface area contributed by atoms with Crippen LogP contribution >= 0.6 is 0 Å². The van der Waals surface area contributed by atoms with Crippen LogP contribution in [0.4, 0.5) is 17.1 Å². The maximum absolute atomic E-state index is 2.46. The van der Waals surface area contributed by atoms with Crippen molar-refractivity contribution in [2.24, 2.45) is 0 Å². The summed E-state index contributed by atoms with van der Waals surface area (Å²) in [7, 11) is 0. The molecule has 12 aromatic carbocycles. The van der Waals surface area contributed by atoms with E-state index in [0.717, 1.165) is 67.7 Å². The molecule has 0 saturated carbocycles. The van der Waals surface area contributed by atoms with Gasteiger partial charge < -0.3 is 32.3 Å². The van der Waals surface area contributed by atoms with Crippen LogP contribution in [0.1, 0.15) is 0 Å². The molecule has 0 fully saturated rings. The maximum Gasteiger partial charge on any atom is 0.0803 e. The second kappa shape index (κ2) is 18.5. The molecule has 6 heterocycles. The van der Waals surface area contributed by atoms with Gasteiger partial charge in [0.05, 0.1) is 66.2 Å². The number of benzene rings is 12. The summed E-state index contributed by atoms with van der Waals surface area (Å²) in [5.74, 6) is 0. The van der Waals surface area contributed by atoms with Gasteiger partial charge in [-0.05, 0) is 146 Å². The number of para-hydroxylation sites is 9. The molecular formula is C78H51N7. The van der Waals surface area contributed by atoms with Crippen LogP contribution in [-0.2, 0) is 0 Å². The normalized spacial score (nSPS) is 12.0. The first kappa shape index (κ1) is 47.1. The van der Waals surface area contributed by atoms with Gasteiger partial charge in [-0.1, -0.05) is 164 Å². The summed E-state index contributed by atoms with van der Waals surface area (Å²) in [6.07, 6.45) is 0. The molecule has 0 aliphatic carbocycles. The molecule has 7 heteroatoms. The third-order valence-electron chi connectivity index (χ3n) is 17.6. The first-order valence-electron chi connectivity index (χ1n) is 29.1.